The molecule has 2 aliphatic heterocycles. The molecule has 4 aromatic rings. The van der Waals surface area contributed by atoms with Gasteiger partial charge in [-0.3, -0.25) is 9.88 Å². The van der Waals surface area contributed by atoms with Gasteiger partial charge >= 0.3 is 12.1 Å². The summed E-state index contributed by atoms with van der Waals surface area (Å²) in [7, 11) is 0. The average molecular weight is 574 g/mol. The van der Waals surface area contributed by atoms with Crippen LogP contribution < -0.4 is 4.74 Å². The summed E-state index contributed by atoms with van der Waals surface area (Å²) >= 11 is 0. The van der Waals surface area contributed by atoms with Gasteiger partial charge in [-0.05, 0) is 58.2 Å². The van der Waals surface area contributed by atoms with E-state index in [-0.39, 0.29) is 18.1 Å². The number of likely N-dealkylation sites (tertiary alicyclic amines) is 2. The summed E-state index contributed by atoms with van der Waals surface area (Å²) in [6.45, 7) is 12.7. The normalized spacial score (nSPS) is 18.7. The number of benzene rings is 1. The van der Waals surface area contributed by atoms with Gasteiger partial charge in [0.2, 0.25) is 0 Å². The second-order valence-corrected chi connectivity index (χ2v) is 12.0. The number of halogens is 1. The summed E-state index contributed by atoms with van der Waals surface area (Å²) < 4.78 is 27.3. The van der Waals surface area contributed by atoms with Crippen molar-refractivity contribution in [3.63, 3.8) is 0 Å². The van der Waals surface area contributed by atoms with Crippen LogP contribution >= 0.6 is 0 Å². The first kappa shape index (κ1) is 28.0. The average Bonchev–Trinajstić information content (AvgIpc) is 3.63. The van der Waals surface area contributed by atoms with Crippen molar-refractivity contribution in [2.24, 2.45) is 0 Å². The van der Waals surface area contributed by atoms with Crippen molar-refractivity contribution in [3.8, 4) is 17.4 Å². The zero-order valence-corrected chi connectivity index (χ0v) is 24.7. The van der Waals surface area contributed by atoms with Crippen molar-refractivity contribution in [3.05, 3.63) is 65.4 Å². The van der Waals surface area contributed by atoms with Crippen LogP contribution in [0, 0.1) is 12.7 Å². The predicted molar refractivity (Wildman–Crippen MR) is 156 cm³/mol. The van der Waals surface area contributed by atoms with Gasteiger partial charge in [-0.1, -0.05) is 24.3 Å². The Hall–Kier alpha value is -4.12. The Bertz CT molecular complexity index is 1620. The lowest BCUT2D eigenvalue weighted by Gasteiger charge is -2.35. The van der Waals surface area contributed by atoms with Crippen molar-refractivity contribution >= 4 is 17.3 Å². The molecule has 0 radical (unpaired) electrons. The Morgan fingerprint density at radius 2 is 1.76 bits per heavy atom. The number of ether oxygens (including phenoxy) is 2. The largest absolute Gasteiger partial charge is 0.464 e. The molecule has 1 amide bonds. The SMILES string of the molecule is CCOc1nc(C)c2nc(-c3cncc(F)c3)n(Cc3ccc(CN4C[C@@H]5C[C@H]4CN5C(=O)OC(C)(C)C)cc3)c2n1. The summed E-state index contributed by atoms with van der Waals surface area (Å²) in [5.41, 5.74) is 4.28. The third-order valence-electron chi connectivity index (χ3n) is 7.72. The molecule has 0 N–H and O–H groups in total. The van der Waals surface area contributed by atoms with E-state index in [4.69, 9.17) is 14.5 Å². The lowest BCUT2D eigenvalue weighted by atomic mass is 10.1. The van der Waals surface area contributed by atoms with Crippen LogP contribution in [0.4, 0.5) is 9.18 Å². The quantitative estimate of drug-likeness (QED) is 0.306. The van der Waals surface area contributed by atoms with Gasteiger partial charge in [0.15, 0.2) is 5.65 Å². The van der Waals surface area contributed by atoms with E-state index < -0.39 is 11.4 Å². The van der Waals surface area contributed by atoms with E-state index in [0.29, 0.717) is 54.0 Å². The number of pyridine rings is 1. The van der Waals surface area contributed by atoms with Crippen LogP contribution in [0.3, 0.4) is 0 Å². The molecule has 2 aliphatic rings. The number of piperazine rings is 1. The summed E-state index contributed by atoms with van der Waals surface area (Å²) in [6, 6.07) is 10.7. The Balaban J connectivity index is 1.20. The molecule has 5 heterocycles. The molecule has 2 saturated heterocycles. The molecule has 42 heavy (non-hydrogen) atoms. The third kappa shape index (κ3) is 5.65. The van der Waals surface area contributed by atoms with Gasteiger partial charge in [0.25, 0.3) is 0 Å². The van der Waals surface area contributed by atoms with Crippen molar-refractivity contribution < 1.29 is 18.7 Å². The molecule has 11 heteroatoms. The zero-order chi connectivity index (χ0) is 29.6. The molecule has 3 aromatic heterocycles. The number of aryl methyl sites for hydroxylation is 1. The maximum atomic E-state index is 14.1. The first-order valence-corrected chi connectivity index (χ1v) is 14.4. The summed E-state index contributed by atoms with van der Waals surface area (Å²) in [6.07, 6.45) is 3.54. The lowest BCUT2D eigenvalue weighted by Crippen LogP contribution is -2.49. The highest BCUT2D eigenvalue weighted by atomic mass is 19.1. The fraction of sp³-hybridized carbons (Fsp3) is 0.452. The highest BCUT2D eigenvalue weighted by molar-refractivity contribution is 5.79. The summed E-state index contributed by atoms with van der Waals surface area (Å²) in [5, 5.41) is 0. The Morgan fingerprint density at radius 3 is 2.40 bits per heavy atom. The number of nitrogens with zero attached hydrogens (tertiary/aromatic N) is 7. The molecule has 220 valence electrons. The first-order chi connectivity index (χ1) is 20.1. The predicted octanol–water partition coefficient (Wildman–Crippen LogP) is 4.98. The number of hydrogen-bond acceptors (Lipinski definition) is 8. The van der Waals surface area contributed by atoms with Gasteiger partial charge in [0, 0.05) is 43.5 Å². The third-order valence-corrected chi connectivity index (χ3v) is 7.72. The van der Waals surface area contributed by atoms with Gasteiger partial charge in [-0.2, -0.15) is 9.97 Å². The highest BCUT2D eigenvalue weighted by Crippen LogP contribution is 2.33. The molecule has 0 aliphatic carbocycles. The van der Waals surface area contributed by atoms with E-state index in [2.05, 4.69) is 44.1 Å². The molecule has 2 bridgehead atoms. The van der Waals surface area contributed by atoms with E-state index in [9.17, 15) is 9.18 Å². The summed E-state index contributed by atoms with van der Waals surface area (Å²) in [5.74, 6) is 0.132. The Kier molecular flexibility index (Phi) is 7.30. The molecule has 1 aromatic carbocycles. The van der Waals surface area contributed by atoms with Crippen molar-refractivity contribution in [1.82, 2.24) is 34.3 Å². The molecule has 2 fully saturated rings. The van der Waals surface area contributed by atoms with Crippen LogP contribution in [0.1, 0.15) is 50.9 Å². The summed E-state index contributed by atoms with van der Waals surface area (Å²) in [4.78, 5) is 34.9. The first-order valence-electron chi connectivity index (χ1n) is 14.4. The number of rotatable bonds is 7. The molecule has 2 atom stereocenters. The van der Waals surface area contributed by atoms with Crippen LogP contribution in [-0.4, -0.2) is 77.8 Å². The topological polar surface area (TPSA) is 98.5 Å². The minimum atomic E-state index is -0.490. The molecule has 0 unspecified atom stereocenters. The number of aromatic nitrogens is 5. The van der Waals surface area contributed by atoms with Crippen LogP contribution in [0.2, 0.25) is 0 Å². The van der Waals surface area contributed by atoms with E-state index in [1.807, 2.05) is 44.1 Å². The van der Waals surface area contributed by atoms with Gasteiger partial charge < -0.3 is 18.9 Å². The number of hydrogen-bond donors (Lipinski definition) is 0. The van der Waals surface area contributed by atoms with E-state index in [0.717, 1.165) is 25.1 Å². The molecule has 0 saturated carbocycles. The second-order valence-electron chi connectivity index (χ2n) is 12.0. The molecule has 6 rings (SSSR count). The lowest BCUT2D eigenvalue weighted by molar-refractivity contribution is 0.0124. The van der Waals surface area contributed by atoms with E-state index in [1.54, 1.807) is 6.20 Å². The van der Waals surface area contributed by atoms with Crippen LogP contribution in [0.25, 0.3) is 22.6 Å². The van der Waals surface area contributed by atoms with Gasteiger partial charge in [-0.15, -0.1) is 0 Å². The molecular weight excluding hydrogens is 537 g/mol. The number of amides is 1. The number of carbonyl (C=O) groups is 1. The van der Waals surface area contributed by atoms with Crippen LogP contribution in [-0.2, 0) is 17.8 Å². The molecular formula is C31H36FN7O3. The van der Waals surface area contributed by atoms with E-state index >= 15 is 0 Å². The van der Waals surface area contributed by atoms with Crippen LogP contribution in [0.5, 0.6) is 6.01 Å². The molecule has 10 nitrogen and oxygen atoms in total. The van der Waals surface area contributed by atoms with Gasteiger partial charge in [-0.25, -0.2) is 14.2 Å². The fourth-order valence-corrected chi connectivity index (χ4v) is 5.86. The van der Waals surface area contributed by atoms with Crippen molar-refractivity contribution in [2.45, 2.75) is 71.8 Å². The fourth-order valence-electron chi connectivity index (χ4n) is 5.86. The highest BCUT2D eigenvalue weighted by Gasteiger charge is 2.46. The van der Waals surface area contributed by atoms with Crippen molar-refractivity contribution in [2.75, 3.05) is 19.7 Å². The Labute approximate surface area is 244 Å². The number of carbonyl (C=O) groups excluding carboxylic acids is 1. The maximum Gasteiger partial charge on any atom is 0.410 e. The van der Waals surface area contributed by atoms with Crippen molar-refractivity contribution in [1.29, 1.82) is 0 Å². The van der Waals surface area contributed by atoms with E-state index in [1.165, 1.54) is 17.8 Å². The standard InChI is InChI=1S/C31H36FN7O3/c1-6-41-29-34-19(2)26-28(36-29)39(27(35-26)22-11-23(32)14-33-13-22)16-21-9-7-20(8-10-21)15-37-17-25-12-24(37)18-38(25)30(40)42-31(3,4)5/h7-11,13-14,24-25H,6,12,15-18H2,1-5H3/t24-,25-/m0/s1. The number of fused-ring (bicyclic) bond motifs is 3. The minimum Gasteiger partial charge on any atom is -0.464 e. The zero-order valence-electron chi connectivity index (χ0n) is 24.7. The van der Waals surface area contributed by atoms with Crippen LogP contribution in [0.15, 0.2) is 42.7 Å². The maximum absolute atomic E-state index is 14.1. The van der Waals surface area contributed by atoms with Gasteiger partial charge in [0.1, 0.15) is 22.8 Å². The second kappa shape index (κ2) is 10.9. The minimum absolute atomic E-state index is 0.196. The Morgan fingerprint density at radius 1 is 1.02 bits per heavy atom. The smallest absolute Gasteiger partial charge is 0.410 e. The van der Waals surface area contributed by atoms with Gasteiger partial charge in [0.05, 0.1) is 25.0 Å². The molecule has 0 spiro atoms. The monoisotopic (exact) mass is 573 g/mol. The number of imidazole rings is 1.